The van der Waals surface area contributed by atoms with Gasteiger partial charge in [0, 0.05) is 36.6 Å². The largest absolute Gasteiger partial charge is 0.382 e. The third kappa shape index (κ3) is 3.08. The Kier molecular flexibility index (Phi) is 4.10. The number of anilines is 1. The van der Waals surface area contributed by atoms with Gasteiger partial charge in [-0.15, -0.1) is 11.3 Å². The SMILES string of the molecule is CN1CCN(C(=O)c2ccc(-c3cc4ncnc(N)c4s3)cc2)CC1. The number of hydrogen-bond acceptors (Lipinski definition) is 6. The Morgan fingerprint density at radius 2 is 1.84 bits per heavy atom. The van der Waals surface area contributed by atoms with Crippen molar-refractivity contribution in [3.05, 3.63) is 42.2 Å². The van der Waals surface area contributed by atoms with E-state index in [0.717, 1.165) is 52.4 Å². The summed E-state index contributed by atoms with van der Waals surface area (Å²) in [6, 6.07) is 9.77. The number of aromatic nitrogens is 2. The average Bonchev–Trinajstić information content (AvgIpc) is 3.08. The quantitative estimate of drug-likeness (QED) is 0.765. The molecule has 1 saturated heterocycles. The second kappa shape index (κ2) is 6.42. The Hall–Kier alpha value is -2.51. The van der Waals surface area contributed by atoms with Gasteiger partial charge in [0.05, 0.1) is 10.2 Å². The molecule has 4 rings (SSSR count). The maximum atomic E-state index is 12.6. The van der Waals surface area contributed by atoms with E-state index >= 15 is 0 Å². The second-order valence-electron chi connectivity index (χ2n) is 6.26. The number of rotatable bonds is 2. The lowest BCUT2D eigenvalue weighted by Crippen LogP contribution is -2.47. The zero-order chi connectivity index (χ0) is 17.4. The summed E-state index contributed by atoms with van der Waals surface area (Å²) in [5, 5.41) is 0. The highest BCUT2D eigenvalue weighted by Crippen LogP contribution is 2.34. The number of carbonyl (C=O) groups excluding carboxylic acids is 1. The molecule has 2 N–H and O–H groups in total. The molecule has 0 radical (unpaired) electrons. The number of carbonyl (C=O) groups is 1. The van der Waals surface area contributed by atoms with Crippen LogP contribution in [-0.2, 0) is 0 Å². The van der Waals surface area contributed by atoms with Gasteiger partial charge in [-0.25, -0.2) is 9.97 Å². The Morgan fingerprint density at radius 3 is 2.52 bits per heavy atom. The van der Waals surface area contributed by atoms with E-state index in [-0.39, 0.29) is 5.91 Å². The number of nitrogens with zero attached hydrogens (tertiary/aromatic N) is 4. The van der Waals surface area contributed by atoms with E-state index in [0.29, 0.717) is 5.82 Å². The van der Waals surface area contributed by atoms with Crippen LogP contribution in [0.4, 0.5) is 5.82 Å². The summed E-state index contributed by atoms with van der Waals surface area (Å²) in [5.41, 5.74) is 8.54. The van der Waals surface area contributed by atoms with Gasteiger partial charge in [0.1, 0.15) is 12.1 Å². The van der Waals surface area contributed by atoms with E-state index in [1.165, 1.54) is 6.33 Å². The number of likely N-dealkylation sites (N-methyl/N-ethyl adjacent to an activating group) is 1. The normalized spacial score (nSPS) is 15.6. The number of thiophene rings is 1. The van der Waals surface area contributed by atoms with Crippen molar-refractivity contribution in [3.8, 4) is 10.4 Å². The molecule has 1 aliphatic heterocycles. The predicted octanol–water partition coefficient (Wildman–Crippen LogP) is 2.33. The maximum absolute atomic E-state index is 12.6. The first-order chi connectivity index (χ1) is 12.1. The van der Waals surface area contributed by atoms with Crippen LogP contribution in [0.5, 0.6) is 0 Å². The predicted molar refractivity (Wildman–Crippen MR) is 101 cm³/mol. The van der Waals surface area contributed by atoms with E-state index in [2.05, 4.69) is 21.9 Å². The summed E-state index contributed by atoms with van der Waals surface area (Å²) in [6.07, 6.45) is 1.48. The Balaban J connectivity index is 1.57. The fourth-order valence-electron chi connectivity index (χ4n) is 2.98. The molecular formula is C18H19N5OS. The number of nitrogens with two attached hydrogens (primary N) is 1. The molecule has 0 saturated carbocycles. The molecule has 0 aliphatic carbocycles. The summed E-state index contributed by atoms with van der Waals surface area (Å²) >= 11 is 1.57. The van der Waals surface area contributed by atoms with E-state index in [9.17, 15) is 4.79 Å². The second-order valence-corrected chi connectivity index (χ2v) is 7.31. The Bertz CT molecular complexity index is 913. The van der Waals surface area contributed by atoms with Gasteiger partial charge in [0.25, 0.3) is 5.91 Å². The number of nitrogen functional groups attached to an aromatic ring is 1. The minimum Gasteiger partial charge on any atom is -0.382 e. The van der Waals surface area contributed by atoms with Crippen LogP contribution in [-0.4, -0.2) is 58.9 Å². The van der Waals surface area contributed by atoms with Crippen molar-refractivity contribution in [2.75, 3.05) is 39.0 Å². The van der Waals surface area contributed by atoms with Crippen LogP contribution in [0.15, 0.2) is 36.7 Å². The number of hydrogen-bond donors (Lipinski definition) is 1. The minimum absolute atomic E-state index is 0.103. The molecule has 2 aromatic heterocycles. The molecule has 128 valence electrons. The lowest BCUT2D eigenvalue weighted by Gasteiger charge is -2.32. The molecule has 0 unspecified atom stereocenters. The van der Waals surface area contributed by atoms with Crippen molar-refractivity contribution >= 4 is 33.3 Å². The van der Waals surface area contributed by atoms with Gasteiger partial charge >= 0.3 is 0 Å². The fourth-order valence-corrected chi connectivity index (χ4v) is 4.00. The monoisotopic (exact) mass is 353 g/mol. The first-order valence-electron chi connectivity index (χ1n) is 8.20. The minimum atomic E-state index is 0.103. The third-order valence-corrected chi connectivity index (χ3v) is 5.74. The van der Waals surface area contributed by atoms with Gasteiger partial charge in [-0.05, 0) is 30.8 Å². The standard InChI is InChI=1S/C18H19N5OS/c1-22-6-8-23(9-7-22)18(24)13-4-2-12(3-5-13)15-10-14-16(25-15)17(19)21-11-20-14/h2-5,10-11H,6-9H2,1H3,(H2,19,20,21). The number of piperazine rings is 1. The molecule has 0 bridgehead atoms. The smallest absolute Gasteiger partial charge is 0.253 e. The van der Waals surface area contributed by atoms with Crippen molar-refractivity contribution in [1.29, 1.82) is 0 Å². The molecule has 3 heterocycles. The summed E-state index contributed by atoms with van der Waals surface area (Å²) in [4.78, 5) is 26.1. The van der Waals surface area contributed by atoms with E-state index < -0.39 is 0 Å². The van der Waals surface area contributed by atoms with E-state index in [1.54, 1.807) is 11.3 Å². The first-order valence-corrected chi connectivity index (χ1v) is 9.02. The molecule has 1 aromatic carbocycles. The summed E-state index contributed by atoms with van der Waals surface area (Å²) in [5.74, 6) is 0.606. The van der Waals surface area contributed by atoms with Crippen LogP contribution in [0.3, 0.4) is 0 Å². The fraction of sp³-hybridized carbons (Fsp3) is 0.278. The van der Waals surface area contributed by atoms with Gasteiger partial charge in [0.2, 0.25) is 0 Å². The lowest BCUT2D eigenvalue weighted by atomic mass is 10.1. The van der Waals surface area contributed by atoms with E-state index in [1.807, 2.05) is 35.2 Å². The van der Waals surface area contributed by atoms with Gasteiger partial charge in [-0.2, -0.15) is 0 Å². The topological polar surface area (TPSA) is 75.3 Å². The van der Waals surface area contributed by atoms with Crippen LogP contribution in [0.25, 0.3) is 20.7 Å². The number of fused-ring (bicyclic) bond motifs is 1. The highest BCUT2D eigenvalue weighted by atomic mass is 32.1. The Morgan fingerprint density at radius 1 is 1.12 bits per heavy atom. The van der Waals surface area contributed by atoms with Crippen molar-refractivity contribution < 1.29 is 4.79 Å². The average molecular weight is 353 g/mol. The molecular weight excluding hydrogens is 334 g/mol. The van der Waals surface area contributed by atoms with Gasteiger partial charge in [-0.3, -0.25) is 4.79 Å². The number of amides is 1. The summed E-state index contributed by atoms with van der Waals surface area (Å²) in [7, 11) is 2.08. The highest BCUT2D eigenvalue weighted by Gasteiger charge is 2.20. The third-order valence-electron chi connectivity index (χ3n) is 4.55. The van der Waals surface area contributed by atoms with Crippen molar-refractivity contribution in [1.82, 2.24) is 19.8 Å². The summed E-state index contributed by atoms with van der Waals surface area (Å²) < 4.78 is 0.898. The molecule has 1 aliphatic rings. The lowest BCUT2D eigenvalue weighted by molar-refractivity contribution is 0.0664. The van der Waals surface area contributed by atoms with Crippen LogP contribution >= 0.6 is 11.3 Å². The van der Waals surface area contributed by atoms with Gasteiger partial charge < -0.3 is 15.5 Å². The Labute approximate surface area is 149 Å². The molecule has 0 atom stereocenters. The molecule has 25 heavy (non-hydrogen) atoms. The van der Waals surface area contributed by atoms with Gasteiger partial charge in [0.15, 0.2) is 0 Å². The molecule has 1 amide bonds. The van der Waals surface area contributed by atoms with Crippen LogP contribution in [0.2, 0.25) is 0 Å². The molecule has 0 spiro atoms. The molecule has 3 aromatic rings. The van der Waals surface area contributed by atoms with Crippen LogP contribution in [0, 0.1) is 0 Å². The highest BCUT2D eigenvalue weighted by molar-refractivity contribution is 7.22. The molecule has 7 heteroatoms. The molecule has 6 nitrogen and oxygen atoms in total. The van der Waals surface area contributed by atoms with Crippen molar-refractivity contribution in [2.45, 2.75) is 0 Å². The molecule has 1 fully saturated rings. The van der Waals surface area contributed by atoms with Crippen molar-refractivity contribution in [2.24, 2.45) is 0 Å². The zero-order valence-corrected chi connectivity index (χ0v) is 14.8. The van der Waals surface area contributed by atoms with Crippen LogP contribution < -0.4 is 5.73 Å². The maximum Gasteiger partial charge on any atom is 0.253 e. The summed E-state index contributed by atoms with van der Waals surface area (Å²) in [6.45, 7) is 3.42. The van der Waals surface area contributed by atoms with Gasteiger partial charge in [-0.1, -0.05) is 12.1 Å². The van der Waals surface area contributed by atoms with E-state index in [4.69, 9.17) is 5.73 Å². The number of benzene rings is 1. The van der Waals surface area contributed by atoms with Crippen LogP contribution in [0.1, 0.15) is 10.4 Å². The van der Waals surface area contributed by atoms with Crippen molar-refractivity contribution in [3.63, 3.8) is 0 Å². The first kappa shape index (κ1) is 16.0. The zero-order valence-electron chi connectivity index (χ0n) is 14.0.